The van der Waals surface area contributed by atoms with Crippen LogP contribution in [-0.4, -0.2) is 227 Å². The van der Waals surface area contributed by atoms with E-state index >= 15 is 0 Å². The van der Waals surface area contributed by atoms with Gasteiger partial charge in [-0.25, -0.2) is 0 Å². The van der Waals surface area contributed by atoms with Gasteiger partial charge in [0.1, 0.15) is 0 Å². The van der Waals surface area contributed by atoms with E-state index in [2.05, 4.69) is 194 Å². The Morgan fingerprint density at radius 1 is 0.259 bits per heavy atom. The van der Waals surface area contributed by atoms with Gasteiger partial charge < -0.3 is 101 Å². The molecule has 4 saturated heterocycles. The summed E-state index contributed by atoms with van der Waals surface area (Å²) in [5, 5.41) is 0. The second-order valence-electron chi connectivity index (χ2n) is 42.3. The Morgan fingerprint density at radius 3 is 0.688 bits per heavy atom. The predicted molar refractivity (Wildman–Crippen MR) is 466 cm³/mol. The molecule has 11 atom stereocenters. The van der Waals surface area contributed by atoms with Crippen molar-refractivity contribution in [3.05, 3.63) is 0 Å². The maximum Gasteiger partial charge on any atom is 0.479 e. The monoisotopic (exact) mass is 1750 g/mol. The van der Waals surface area contributed by atoms with E-state index in [0.717, 1.165) is 51.0 Å². The zero-order valence-electron chi connectivity index (χ0n) is 77.0. The summed E-state index contributed by atoms with van der Waals surface area (Å²) in [7, 11) is -31.7. The van der Waals surface area contributed by atoms with Crippen LogP contribution in [0.3, 0.4) is 0 Å². The molecule has 0 N–H and O–H groups in total. The molecule has 0 radical (unpaired) electrons. The lowest BCUT2D eigenvalue weighted by atomic mass is 9.86. The van der Waals surface area contributed by atoms with Gasteiger partial charge in [0.05, 0.1) is 132 Å². The third-order valence-electron chi connectivity index (χ3n) is 19.2. The molecule has 666 valence electrons. The van der Waals surface area contributed by atoms with Gasteiger partial charge in [0.25, 0.3) is 10.0 Å². The summed E-state index contributed by atoms with van der Waals surface area (Å²) in [6, 6.07) is 4.09. The SMILES string of the molecule is COCCOCCOCCOCCOCCOCCOCCOCCOCCOCCOCCC[Si]1(O[SiH2]CC(C)CC(C)(C)C)O[Si]2(CC(C)CC(C)(C)C)O[Si]3(CC(C)CC(C)(C)C)O[SiH2]O[Si]4(CC(C)CC(C)(C)C)O[Si](CC(C)CC(C)(C)C)(O1)O[Si](CC(C)CC(C)(C)C)(O2)O[Si](CC(C)CC(C)(C)C)(O3)O4. The Balaban J connectivity index is 1.74. The third-order valence-corrected chi connectivity index (χ3v) is 58.0. The molecular weight excluding hydrogens is 1580 g/mol. The normalized spacial score (nSPS) is 27.4. The number of hydrogen-bond acceptors (Lipinski definition) is 23. The van der Waals surface area contributed by atoms with Gasteiger partial charge in [-0.1, -0.05) is 194 Å². The van der Waals surface area contributed by atoms with Crippen molar-refractivity contribution in [2.75, 3.05) is 146 Å². The maximum absolute atomic E-state index is 8.70. The van der Waals surface area contributed by atoms with Gasteiger partial charge >= 0.3 is 61.6 Å². The Morgan fingerprint density at radius 2 is 0.455 bits per heavy atom. The molecule has 6 bridgehead atoms. The summed E-state index contributed by atoms with van der Waals surface area (Å²) in [5.74, 6) is 0.751. The Hall–Kier alpha value is 1.03. The van der Waals surface area contributed by atoms with Crippen LogP contribution >= 0.6 is 0 Å². The predicted octanol–water partition coefficient (Wildman–Crippen LogP) is 17.0. The molecule has 0 amide bonds. The number of fused-ring (bicyclic) bond motifs is 4. The molecular formula is C80H172O23Si9. The molecule has 0 saturated carbocycles. The van der Waals surface area contributed by atoms with Gasteiger partial charge in [-0.2, -0.15) is 0 Å². The lowest BCUT2D eigenvalue weighted by Crippen LogP contribution is -2.84. The van der Waals surface area contributed by atoms with Crippen LogP contribution in [0.5, 0.6) is 0 Å². The molecule has 0 spiro atoms. The van der Waals surface area contributed by atoms with Gasteiger partial charge in [0.15, 0.2) is 9.76 Å². The molecule has 4 rings (SSSR count). The van der Waals surface area contributed by atoms with Crippen LogP contribution in [0.1, 0.15) is 245 Å². The van der Waals surface area contributed by atoms with Crippen molar-refractivity contribution in [3.63, 3.8) is 0 Å². The second kappa shape index (κ2) is 48.9. The standard InChI is InChI=1S/C80H172O23Si9/c1-67(53-74(8,9)10)60-104-92-106(52-30-31-82-34-35-84-38-39-86-42-43-88-46-47-90-50-51-91-49-48-89-45-44-87-41-40-85-37-36-83-33-32-81-29)95-109(63-70(4)56-77(17,18)19)97-107(61-68(2)54-75(11,12)13)93-105-94-108(62-69(3)55-76(14,15)16)98-110(96-106,64-71(5)57-78(20,21)22)102-112(101-109,66-73(7)59-80(26,27)28)103-111(99-107,100-108)65-72(6)58-79(23,24)25/h67-73H,30-66,104-105H2,1-29H3. The van der Waals surface area contributed by atoms with Gasteiger partial charge in [-0.3, -0.25) is 0 Å². The van der Waals surface area contributed by atoms with Crippen LogP contribution in [0.4, 0.5) is 0 Å². The molecule has 4 aliphatic heterocycles. The third kappa shape index (κ3) is 46.0. The molecule has 32 heteroatoms. The first-order valence-corrected chi connectivity index (χ1v) is 59.6. The van der Waals surface area contributed by atoms with Crippen molar-refractivity contribution < 1.29 is 101 Å². The molecule has 11 unspecified atom stereocenters. The van der Waals surface area contributed by atoms with E-state index in [1.165, 1.54) is 0 Å². The van der Waals surface area contributed by atoms with Crippen LogP contribution < -0.4 is 0 Å². The van der Waals surface area contributed by atoms with Crippen molar-refractivity contribution >= 4 is 81.4 Å². The quantitative estimate of drug-likeness (QED) is 0.0409. The van der Waals surface area contributed by atoms with E-state index in [1.54, 1.807) is 7.11 Å². The molecule has 0 aromatic heterocycles. The van der Waals surface area contributed by atoms with Crippen molar-refractivity contribution in [1.29, 1.82) is 0 Å². The molecule has 0 aromatic carbocycles. The highest BCUT2D eigenvalue weighted by molar-refractivity contribution is 7.00. The van der Waals surface area contributed by atoms with Crippen molar-refractivity contribution in [1.82, 2.24) is 0 Å². The van der Waals surface area contributed by atoms with Gasteiger partial charge in [-0.15, -0.1) is 0 Å². The Kier molecular flexibility index (Phi) is 46.0. The van der Waals surface area contributed by atoms with E-state index in [4.69, 9.17) is 101 Å². The minimum Gasteiger partial charge on any atom is -0.422 e. The summed E-state index contributed by atoms with van der Waals surface area (Å²) in [5.41, 5.74) is -0.0987. The zero-order valence-corrected chi connectivity index (χ0v) is 86.8. The van der Waals surface area contributed by atoms with Crippen molar-refractivity contribution in [2.24, 2.45) is 79.3 Å². The van der Waals surface area contributed by atoms with E-state index in [-0.39, 0.29) is 73.4 Å². The lowest BCUT2D eigenvalue weighted by Gasteiger charge is -2.60. The first kappa shape index (κ1) is 105. The smallest absolute Gasteiger partial charge is 0.422 e. The van der Waals surface area contributed by atoms with Gasteiger partial charge in [-0.05, 0) is 137 Å². The fraction of sp³-hybridized carbons (Fsp3) is 1.00. The second-order valence-corrected chi connectivity index (χ2v) is 66.8. The highest BCUT2D eigenvalue weighted by atomic mass is 28.6. The molecule has 23 nitrogen and oxygen atoms in total. The fourth-order valence-corrected chi connectivity index (χ4v) is 65.8. The summed E-state index contributed by atoms with van der Waals surface area (Å²) < 4.78 is 164. The first-order chi connectivity index (χ1) is 51.8. The average molecular weight is 1760 g/mol. The minimum atomic E-state index is -4.39. The van der Waals surface area contributed by atoms with Crippen LogP contribution in [0.2, 0.25) is 48.4 Å². The number of ether oxygens (including phenoxy) is 11. The number of methoxy groups -OCH3 is 1. The molecule has 0 aliphatic carbocycles. The van der Waals surface area contributed by atoms with Gasteiger partial charge in [0.2, 0.25) is 0 Å². The Labute approximate surface area is 697 Å². The van der Waals surface area contributed by atoms with Crippen LogP contribution in [0, 0.1) is 79.3 Å². The van der Waals surface area contributed by atoms with E-state index in [1.807, 2.05) is 0 Å². The number of hydrogen-bond donors (Lipinski definition) is 0. The highest BCUT2D eigenvalue weighted by Gasteiger charge is 2.79. The molecule has 0 aromatic rings. The largest absolute Gasteiger partial charge is 0.479 e. The van der Waals surface area contributed by atoms with E-state index < -0.39 is 81.4 Å². The number of rotatable bonds is 57. The summed E-state index contributed by atoms with van der Waals surface area (Å²) in [6.07, 6.45) is 6.88. The van der Waals surface area contributed by atoms with Crippen LogP contribution in [0.25, 0.3) is 0 Å². The van der Waals surface area contributed by atoms with Crippen LogP contribution in [0.15, 0.2) is 0 Å². The molecule has 4 aliphatic rings. The van der Waals surface area contributed by atoms with Crippen molar-refractivity contribution in [2.45, 2.75) is 294 Å². The first-order valence-electron chi connectivity index (χ1n) is 43.3. The summed E-state index contributed by atoms with van der Waals surface area (Å²) in [4.78, 5) is 0. The maximum atomic E-state index is 8.70. The average Bonchev–Trinajstić information content (AvgIpc) is 0.700. The highest BCUT2D eigenvalue weighted by Crippen LogP contribution is 2.54. The Bertz CT molecular complexity index is 2430. The lowest BCUT2D eigenvalue weighted by molar-refractivity contribution is -0.0271. The summed E-state index contributed by atoms with van der Waals surface area (Å²) in [6.45, 7) is 75.2. The topological polar surface area (TPSA) is 212 Å². The summed E-state index contributed by atoms with van der Waals surface area (Å²) >= 11 is 0. The van der Waals surface area contributed by atoms with E-state index in [0.29, 0.717) is 193 Å². The zero-order chi connectivity index (χ0) is 83.9. The van der Waals surface area contributed by atoms with Gasteiger partial charge in [0, 0.05) is 56.0 Å². The molecule has 112 heavy (non-hydrogen) atoms. The molecule has 4 fully saturated rings. The van der Waals surface area contributed by atoms with Crippen LogP contribution in [-0.2, 0) is 101 Å². The minimum absolute atomic E-state index is 0.0214. The molecule has 4 heterocycles. The van der Waals surface area contributed by atoms with Crippen molar-refractivity contribution in [3.8, 4) is 0 Å². The van der Waals surface area contributed by atoms with E-state index in [9.17, 15) is 0 Å². The fourth-order valence-electron chi connectivity index (χ4n) is 17.2.